The number of hydrogen-bond acceptors (Lipinski definition) is 4. The summed E-state index contributed by atoms with van der Waals surface area (Å²) in [6, 6.07) is 29.2. The van der Waals surface area contributed by atoms with E-state index in [0.717, 1.165) is 24.1 Å². The lowest BCUT2D eigenvalue weighted by molar-refractivity contribution is 1.08. The average molecular weight is 384 g/mol. The average Bonchev–Trinajstić information content (AvgIpc) is 2.79. The van der Waals surface area contributed by atoms with Crippen molar-refractivity contribution in [1.82, 2.24) is 15.0 Å². The Morgan fingerprint density at radius 2 is 1.32 bits per heavy atom. The van der Waals surface area contributed by atoms with Crippen LogP contribution in [0.3, 0.4) is 0 Å². The molecule has 0 amide bonds. The van der Waals surface area contributed by atoms with Crippen LogP contribution in [0.4, 0.5) is 5.95 Å². The molecule has 0 spiro atoms. The first-order chi connectivity index (χ1) is 13.9. The van der Waals surface area contributed by atoms with Crippen molar-refractivity contribution in [3.05, 3.63) is 97.3 Å². The number of nitrogens with one attached hydrogen (secondary N) is 1. The minimum absolute atomic E-state index is 0.429. The molecule has 138 valence electrons. The number of anilines is 1. The van der Waals surface area contributed by atoms with E-state index >= 15 is 0 Å². The Kier molecular flexibility index (Phi) is 6.01. The highest BCUT2D eigenvalue weighted by Gasteiger charge is 2.13. The van der Waals surface area contributed by atoms with Crippen molar-refractivity contribution in [2.24, 2.45) is 0 Å². The highest BCUT2D eigenvalue weighted by molar-refractivity contribution is 7.73. The van der Waals surface area contributed by atoms with Crippen molar-refractivity contribution in [2.45, 2.75) is 0 Å². The minimum atomic E-state index is -0.429. The summed E-state index contributed by atoms with van der Waals surface area (Å²) >= 11 is 0. The first kappa shape index (κ1) is 18.3. The maximum atomic E-state index is 4.61. The van der Waals surface area contributed by atoms with Crippen molar-refractivity contribution in [2.75, 3.05) is 18.0 Å². The molecule has 0 aliphatic rings. The van der Waals surface area contributed by atoms with Gasteiger partial charge in [0.05, 0.1) is 11.4 Å². The van der Waals surface area contributed by atoms with Crippen LogP contribution < -0.4 is 15.9 Å². The Hall–Kier alpha value is -3.10. The van der Waals surface area contributed by atoms with E-state index in [4.69, 9.17) is 0 Å². The molecule has 0 saturated carbocycles. The molecular formula is C23H21N4P. The fraction of sp³-hybridized carbons (Fsp3) is 0.0870. The molecule has 2 heterocycles. The zero-order valence-corrected chi connectivity index (χ0v) is 16.3. The number of benzene rings is 2. The second kappa shape index (κ2) is 9.20. The molecule has 0 bridgehead atoms. The van der Waals surface area contributed by atoms with E-state index in [0.29, 0.717) is 5.95 Å². The SMILES string of the molecule is c1ccc(P(CCNc2nccc(-c3ccccn3)n2)c2ccccc2)cc1. The summed E-state index contributed by atoms with van der Waals surface area (Å²) in [6.07, 6.45) is 4.56. The summed E-state index contributed by atoms with van der Waals surface area (Å²) in [7, 11) is -0.429. The summed E-state index contributed by atoms with van der Waals surface area (Å²) in [5.41, 5.74) is 1.68. The minimum Gasteiger partial charge on any atom is -0.354 e. The van der Waals surface area contributed by atoms with Gasteiger partial charge in [0.15, 0.2) is 0 Å². The Bertz CT molecular complexity index is 955. The zero-order chi connectivity index (χ0) is 19.0. The van der Waals surface area contributed by atoms with E-state index < -0.39 is 7.92 Å². The highest BCUT2D eigenvalue weighted by Crippen LogP contribution is 2.32. The predicted molar refractivity (Wildman–Crippen MR) is 118 cm³/mol. The molecule has 2 aromatic carbocycles. The fourth-order valence-corrected chi connectivity index (χ4v) is 5.22. The molecule has 2 aromatic heterocycles. The largest absolute Gasteiger partial charge is 0.354 e. The number of aromatic nitrogens is 3. The lowest BCUT2D eigenvalue weighted by Gasteiger charge is -2.19. The molecule has 28 heavy (non-hydrogen) atoms. The summed E-state index contributed by atoms with van der Waals surface area (Å²) in [4.78, 5) is 13.3. The van der Waals surface area contributed by atoms with E-state index in [1.54, 1.807) is 12.4 Å². The number of rotatable bonds is 7. The molecule has 0 saturated heterocycles. The van der Waals surface area contributed by atoms with Crippen molar-refractivity contribution in [1.29, 1.82) is 0 Å². The summed E-state index contributed by atoms with van der Waals surface area (Å²) in [6.45, 7) is 0.807. The van der Waals surface area contributed by atoms with Gasteiger partial charge in [0, 0.05) is 18.9 Å². The topological polar surface area (TPSA) is 50.7 Å². The van der Waals surface area contributed by atoms with Crippen LogP contribution in [0.5, 0.6) is 0 Å². The van der Waals surface area contributed by atoms with E-state index in [2.05, 4.69) is 80.9 Å². The summed E-state index contributed by atoms with van der Waals surface area (Å²) in [5, 5.41) is 6.16. The molecule has 0 fully saturated rings. The maximum Gasteiger partial charge on any atom is 0.223 e. The third kappa shape index (κ3) is 4.59. The Labute approximate surface area is 166 Å². The van der Waals surface area contributed by atoms with E-state index in [9.17, 15) is 0 Å². The van der Waals surface area contributed by atoms with Gasteiger partial charge in [0.2, 0.25) is 5.95 Å². The van der Waals surface area contributed by atoms with E-state index in [-0.39, 0.29) is 0 Å². The van der Waals surface area contributed by atoms with Crippen molar-refractivity contribution in [3.63, 3.8) is 0 Å². The van der Waals surface area contributed by atoms with Crippen LogP contribution >= 0.6 is 7.92 Å². The van der Waals surface area contributed by atoms with Gasteiger partial charge in [-0.1, -0.05) is 66.7 Å². The molecule has 1 N–H and O–H groups in total. The van der Waals surface area contributed by atoms with Crippen LogP contribution in [0.15, 0.2) is 97.3 Å². The van der Waals surface area contributed by atoms with Gasteiger partial charge in [-0.25, -0.2) is 9.97 Å². The Morgan fingerprint density at radius 1 is 0.643 bits per heavy atom. The maximum absolute atomic E-state index is 4.61. The van der Waals surface area contributed by atoms with Crippen molar-refractivity contribution >= 4 is 24.5 Å². The van der Waals surface area contributed by atoms with Gasteiger partial charge in [-0.3, -0.25) is 4.98 Å². The molecular weight excluding hydrogens is 363 g/mol. The van der Waals surface area contributed by atoms with E-state index in [1.807, 2.05) is 24.3 Å². The third-order valence-corrected chi connectivity index (χ3v) is 6.85. The van der Waals surface area contributed by atoms with Gasteiger partial charge in [-0.15, -0.1) is 0 Å². The Morgan fingerprint density at radius 3 is 1.96 bits per heavy atom. The highest BCUT2D eigenvalue weighted by atomic mass is 31.1. The zero-order valence-electron chi connectivity index (χ0n) is 15.4. The smallest absolute Gasteiger partial charge is 0.223 e. The molecule has 4 aromatic rings. The van der Waals surface area contributed by atoms with Crippen molar-refractivity contribution in [3.8, 4) is 11.4 Å². The van der Waals surface area contributed by atoms with Gasteiger partial charge in [-0.05, 0) is 42.9 Å². The lowest BCUT2D eigenvalue weighted by atomic mass is 10.3. The predicted octanol–water partition coefficient (Wildman–Crippen LogP) is 4.08. The van der Waals surface area contributed by atoms with Gasteiger partial charge in [-0.2, -0.15) is 0 Å². The van der Waals surface area contributed by atoms with Crippen LogP contribution in [0.1, 0.15) is 0 Å². The summed E-state index contributed by atoms with van der Waals surface area (Å²) in [5.74, 6) is 0.638. The first-order valence-corrected chi connectivity index (χ1v) is 10.8. The molecule has 0 aliphatic carbocycles. The van der Waals surface area contributed by atoms with Crippen molar-refractivity contribution < 1.29 is 0 Å². The van der Waals surface area contributed by atoms with Crippen LogP contribution in [0.25, 0.3) is 11.4 Å². The quantitative estimate of drug-likeness (QED) is 0.488. The van der Waals surface area contributed by atoms with Crippen LogP contribution in [-0.4, -0.2) is 27.7 Å². The van der Waals surface area contributed by atoms with Crippen LogP contribution in [0.2, 0.25) is 0 Å². The molecule has 4 rings (SSSR count). The second-order valence-electron chi connectivity index (χ2n) is 6.23. The van der Waals surface area contributed by atoms with Crippen LogP contribution in [-0.2, 0) is 0 Å². The number of pyridine rings is 1. The second-order valence-corrected chi connectivity index (χ2v) is 8.57. The summed E-state index contributed by atoms with van der Waals surface area (Å²) < 4.78 is 0. The number of hydrogen-bond donors (Lipinski definition) is 1. The molecule has 4 nitrogen and oxygen atoms in total. The molecule has 5 heteroatoms. The van der Waals surface area contributed by atoms with Crippen LogP contribution in [0, 0.1) is 0 Å². The van der Waals surface area contributed by atoms with Gasteiger partial charge in [0.25, 0.3) is 0 Å². The normalized spacial score (nSPS) is 10.8. The Balaban J connectivity index is 1.47. The third-order valence-electron chi connectivity index (χ3n) is 4.34. The monoisotopic (exact) mass is 384 g/mol. The number of nitrogens with zero attached hydrogens (tertiary/aromatic N) is 3. The van der Waals surface area contributed by atoms with Gasteiger partial charge >= 0.3 is 0 Å². The molecule has 0 unspecified atom stereocenters. The standard InChI is InChI=1S/C23H21N4P/c1-3-9-19(10-4-1)28(20-11-5-2-6-12-20)18-17-26-23-25-16-14-22(27-23)21-13-7-8-15-24-21/h1-16H,17-18H2,(H,25,26,27). The van der Waals surface area contributed by atoms with Gasteiger partial charge in [0.1, 0.15) is 0 Å². The van der Waals surface area contributed by atoms with Gasteiger partial charge < -0.3 is 5.32 Å². The lowest BCUT2D eigenvalue weighted by Crippen LogP contribution is -2.18. The molecule has 0 atom stereocenters. The molecule has 0 aliphatic heterocycles. The van der Waals surface area contributed by atoms with E-state index in [1.165, 1.54) is 10.6 Å². The first-order valence-electron chi connectivity index (χ1n) is 9.26. The fourth-order valence-electron chi connectivity index (χ4n) is 3.00. The molecule has 0 radical (unpaired) electrons.